The van der Waals surface area contributed by atoms with Crippen molar-refractivity contribution in [3.05, 3.63) is 30.5 Å². The van der Waals surface area contributed by atoms with Crippen molar-refractivity contribution >= 4 is 23.4 Å². The summed E-state index contributed by atoms with van der Waals surface area (Å²) in [5.41, 5.74) is 0.837. The lowest BCUT2D eigenvalue weighted by Gasteiger charge is -2.07. The van der Waals surface area contributed by atoms with Gasteiger partial charge in [-0.15, -0.1) is 11.8 Å². The van der Waals surface area contributed by atoms with Gasteiger partial charge in [0.2, 0.25) is 5.91 Å². The van der Waals surface area contributed by atoms with E-state index in [2.05, 4.69) is 15.6 Å². The number of amides is 1. The van der Waals surface area contributed by atoms with E-state index in [1.165, 1.54) is 11.8 Å². The van der Waals surface area contributed by atoms with E-state index in [-0.39, 0.29) is 12.6 Å². The maximum atomic E-state index is 11.8. The van der Waals surface area contributed by atoms with Gasteiger partial charge in [-0.1, -0.05) is 0 Å². The third-order valence-electron chi connectivity index (χ3n) is 2.12. The van der Waals surface area contributed by atoms with Gasteiger partial charge in [0.05, 0.1) is 5.03 Å². The van der Waals surface area contributed by atoms with Crippen LogP contribution >= 0.6 is 11.8 Å². The zero-order valence-corrected chi connectivity index (χ0v) is 11.5. The molecular formula is C12H14F3N3OS. The maximum Gasteiger partial charge on any atom is 0.409 e. The zero-order chi connectivity index (χ0) is 15.0. The number of hydrogen-bond acceptors (Lipinski definition) is 4. The number of carbonyl (C=O) groups is 1. The van der Waals surface area contributed by atoms with Crippen LogP contribution < -0.4 is 10.6 Å². The first-order valence-electron chi connectivity index (χ1n) is 5.68. The van der Waals surface area contributed by atoms with Crippen LogP contribution in [-0.2, 0) is 4.79 Å². The molecule has 0 saturated carbocycles. The zero-order valence-electron chi connectivity index (χ0n) is 10.7. The monoisotopic (exact) mass is 305 g/mol. The topological polar surface area (TPSA) is 54.0 Å². The summed E-state index contributed by atoms with van der Waals surface area (Å²) in [4.78, 5) is 15.2. The molecule has 1 amide bonds. The van der Waals surface area contributed by atoms with Crippen LogP contribution in [0, 0.1) is 0 Å². The standard InChI is InChI=1S/C12H14F3N3OS/c1-20-11-8-9(3-5-18-11)16-6-7-17-10(19)2-4-12(13,14)15/h2-5,8H,6-7H2,1H3,(H,16,18)(H,17,19)/b4-2+. The number of carbonyl (C=O) groups excluding carboxylic acids is 1. The molecule has 0 bridgehead atoms. The van der Waals surface area contributed by atoms with Gasteiger partial charge in [-0.05, 0) is 18.4 Å². The first-order valence-corrected chi connectivity index (χ1v) is 6.91. The Labute approximate surface area is 118 Å². The number of nitrogens with one attached hydrogen (secondary N) is 2. The lowest BCUT2D eigenvalue weighted by atomic mass is 10.4. The summed E-state index contributed by atoms with van der Waals surface area (Å²) < 4.78 is 35.4. The van der Waals surface area contributed by atoms with Crippen LogP contribution in [0.3, 0.4) is 0 Å². The Balaban J connectivity index is 2.28. The molecule has 0 spiro atoms. The number of alkyl halides is 3. The van der Waals surface area contributed by atoms with Crippen LogP contribution in [0.4, 0.5) is 18.9 Å². The lowest BCUT2D eigenvalue weighted by Crippen LogP contribution is -2.27. The largest absolute Gasteiger partial charge is 0.409 e. The second kappa shape index (κ2) is 7.78. The summed E-state index contributed by atoms with van der Waals surface area (Å²) in [6, 6.07) is 3.61. The molecule has 0 aliphatic heterocycles. The van der Waals surface area contributed by atoms with Crippen molar-refractivity contribution in [3.63, 3.8) is 0 Å². The van der Waals surface area contributed by atoms with Crippen molar-refractivity contribution in [3.8, 4) is 0 Å². The van der Waals surface area contributed by atoms with Gasteiger partial charge in [-0.2, -0.15) is 13.2 Å². The molecule has 4 nitrogen and oxygen atoms in total. The van der Waals surface area contributed by atoms with E-state index in [0.29, 0.717) is 12.6 Å². The van der Waals surface area contributed by atoms with Crippen LogP contribution in [0.5, 0.6) is 0 Å². The van der Waals surface area contributed by atoms with E-state index < -0.39 is 12.1 Å². The highest BCUT2D eigenvalue weighted by molar-refractivity contribution is 7.98. The average molecular weight is 305 g/mol. The maximum absolute atomic E-state index is 11.8. The Morgan fingerprint density at radius 3 is 2.85 bits per heavy atom. The predicted molar refractivity (Wildman–Crippen MR) is 72.7 cm³/mol. The summed E-state index contributed by atoms with van der Waals surface area (Å²) in [5, 5.41) is 6.23. The summed E-state index contributed by atoms with van der Waals surface area (Å²) in [6.07, 6.45) is -0.541. The highest BCUT2D eigenvalue weighted by Gasteiger charge is 2.22. The highest BCUT2D eigenvalue weighted by atomic mass is 32.2. The molecule has 110 valence electrons. The Morgan fingerprint density at radius 1 is 1.45 bits per heavy atom. The molecule has 0 fully saturated rings. The molecule has 0 aliphatic carbocycles. The second-order valence-electron chi connectivity index (χ2n) is 3.68. The molecule has 20 heavy (non-hydrogen) atoms. The van der Waals surface area contributed by atoms with Crippen LogP contribution in [0.1, 0.15) is 0 Å². The van der Waals surface area contributed by atoms with Crippen molar-refractivity contribution in [1.29, 1.82) is 0 Å². The fraction of sp³-hybridized carbons (Fsp3) is 0.333. The molecule has 0 saturated heterocycles. The van der Waals surface area contributed by atoms with Gasteiger partial charge in [-0.3, -0.25) is 4.79 Å². The van der Waals surface area contributed by atoms with Gasteiger partial charge in [0.25, 0.3) is 0 Å². The number of halogens is 3. The van der Waals surface area contributed by atoms with Crippen molar-refractivity contribution in [2.45, 2.75) is 11.2 Å². The molecule has 0 unspecified atom stereocenters. The van der Waals surface area contributed by atoms with Gasteiger partial charge in [0.1, 0.15) is 0 Å². The second-order valence-corrected chi connectivity index (χ2v) is 4.51. The third-order valence-corrected chi connectivity index (χ3v) is 2.76. The minimum absolute atomic E-state index is 0.0939. The molecule has 1 aromatic rings. The van der Waals surface area contributed by atoms with Crippen LogP contribution in [-0.4, -0.2) is 36.4 Å². The Kier molecular flexibility index (Phi) is 6.37. The van der Waals surface area contributed by atoms with Crippen LogP contribution in [0.25, 0.3) is 0 Å². The van der Waals surface area contributed by atoms with Gasteiger partial charge in [0, 0.05) is 37.1 Å². The number of allylic oxidation sites excluding steroid dienone is 1. The first-order chi connectivity index (χ1) is 9.40. The summed E-state index contributed by atoms with van der Waals surface area (Å²) >= 11 is 1.50. The number of hydrogen-bond donors (Lipinski definition) is 2. The summed E-state index contributed by atoms with van der Waals surface area (Å²) in [7, 11) is 0. The number of thioether (sulfide) groups is 1. The molecule has 0 aliphatic rings. The van der Waals surface area contributed by atoms with Gasteiger partial charge < -0.3 is 10.6 Å². The number of rotatable bonds is 6. The molecule has 0 radical (unpaired) electrons. The number of nitrogens with zero attached hydrogens (tertiary/aromatic N) is 1. The van der Waals surface area contributed by atoms with Crippen LogP contribution in [0.2, 0.25) is 0 Å². The number of pyridine rings is 1. The molecule has 1 rings (SSSR count). The Morgan fingerprint density at radius 2 is 2.20 bits per heavy atom. The van der Waals surface area contributed by atoms with E-state index >= 15 is 0 Å². The first kappa shape index (κ1) is 16.4. The van der Waals surface area contributed by atoms with Crippen molar-refractivity contribution in [2.24, 2.45) is 0 Å². The minimum Gasteiger partial charge on any atom is -0.383 e. The molecular weight excluding hydrogens is 291 g/mol. The van der Waals surface area contributed by atoms with E-state index in [9.17, 15) is 18.0 Å². The molecule has 8 heteroatoms. The van der Waals surface area contributed by atoms with E-state index in [0.717, 1.165) is 10.7 Å². The summed E-state index contributed by atoms with van der Waals surface area (Å²) in [5.74, 6) is -0.774. The lowest BCUT2D eigenvalue weighted by molar-refractivity contribution is -0.117. The predicted octanol–water partition coefficient (Wildman–Crippen LogP) is 2.45. The van der Waals surface area contributed by atoms with Gasteiger partial charge in [-0.25, -0.2) is 4.98 Å². The van der Waals surface area contributed by atoms with Gasteiger partial charge in [0.15, 0.2) is 0 Å². The number of aromatic nitrogens is 1. The highest BCUT2D eigenvalue weighted by Crippen LogP contribution is 2.16. The quantitative estimate of drug-likeness (QED) is 0.481. The molecule has 0 atom stereocenters. The fourth-order valence-electron chi connectivity index (χ4n) is 1.25. The van der Waals surface area contributed by atoms with Crippen molar-refractivity contribution < 1.29 is 18.0 Å². The van der Waals surface area contributed by atoms with Crippen molar-refractivity contribution in [1.82, 2.24) is 10.3 Å². The van der Waals surface area contributed by atoms with Gasteiger partial charge >= 0.3 is 6.18 Å². The van der Waals surface area contributed by atoms with Crippen molar-refractivity contribution in [2.75, 3.05) is 24.7 Å². The molecule has 2 N–H and O–H groups in total. The van der Waals surface area contributed by atoms with E-state index in [1.807, 2.05) is 12.3 Å². The summed E-state index contributed by atoms with van der Waals surface area (Å²) in [6.45, 7) is 0.626. The molecule has 1 heterocycles. The Hall–Kier alpha value is -1.70. The SMILES string of the molecule is CSc1cc(NCCNC(=O)/C=C/C(F)(F)F)ccn1. The smallest absolute Gasteiger partial charge is 0.383 e. The third kappa shape index (κ3) is 7.03. The number of anilines is 1. The minimum atomic E-state index is -4.47. The normalized spacial score (nSPS) is 11.6. The van der Waals surface area contributed by atoms with E-state index in [4.69, 9.17) is 0 Å². The van der Waals surface area contributed by atoms with E-state index in [1.54, 1.807) is 12.3 Å². The Bertz CT molecular complexity index is 477. The average Bonchev–Trinajstić information content (AvgIpc) is 2.41. The molecule has 0 aromatic carbocycles. The molecule has 1 aromatic heterocycles. The fourth-order valence-corrected chi connectivity index (χ4v) is 1.66. The van der Waals surface area contributed by atoms with Crippen LogP contribution in [0.15, 0.2) is 35.5 Å².